The van der Waals surface area contributed by atoms with Crippen LogP contribution in [0.15, 0.2) is 0 Å². The van der Waals surface area contributed by atoms with Crippen LogP contribution < -0.4 is 0 Å². The first-order valence-corrected chi connectivity index (χ1v) is 7.46. The van der Waals surface area contributed by atoms with Crippen molar-refractivity contribution in [3.63, 3.8) is 0 Å². The predicted octanol–water partition coefficient (Wildman–Crippen LogP) is 3.29. The molecule has 0 N–H and O–H groups in total. The molecule has 0 radical (unpaired) electrons. The Hall–Kier alpha value is -0.610. The monoisotopic (exact) mass is 272 g/mol. The van der Waals surface area contributed by atoms with Crippen molar-refractivity contribution < 1.29 is 19.0 Å². The molecule has 0 aliphatic heterocycles. The third-order valence-corrected chi connectivity index (χ3v) is 3.22. The highest BCUT2D eigenvalue weighted by molar-refractivity contribution is 5.74. The summed E-state index contributed by atoms with van der Waals surface area (Å²) in [5.41, 5.74) is 0. The molecule has 0 heterocycles. The average molecular weight is 272 g/mol. The number of rotatable bonds is 7. The smallest absolute Gasteiger partial charge is 0.335 e. The molecule has 0 aromatic rings. The van der Waals surface area contributed by atoms with Crippen LogP contribution in [0.3, 0.4) is 0 Å². The van der Waals surface area contributed by atoms with Gasteiger partial charge >= 0.3 is 5.97 Å². The first kappa shape index (κ1) is 16.4. The van der Waals surface area contributed by atoms with Crippen LogP contribution in [0.1, 0.15) is 59.8 Å². The van der Waals surface area contributed by atoms with E-state index < -0.39 is 6.10 Å². The maximum absolute atomic E-state index is 11.7. The highest BCUT2D eigenvalue weighted by Gasteiger charge is 2.22. The SMILES string of the molecule is CC(C)COC(=O)C(C)OC(C)OC1CCCCC1. The summed E-state index contributed by atoms with van der Waals surface area (Å²) in [7, 11) is 0. The van der Waals surface area contributed by atoms with E-state index in [2.05, 4.69) is 0 Å². The van der Waals surface area contributed by atoms with Crippen molar-refractivity contribution in [2.45, 2.75) is 78.3 Å². The number of carbonyl (C=O) groups is 1. The van der Waals surface area contributed by atoms with Gasteiger partial charge in [-0.1, -0.05) is 33.1 Å². The van der Waals surface area contributed by atoms with Gasteiger partial charge in [0, 0.05) is 0 Å². The molecular weight excluding hydrogens is 244 g/mol. The standard InChI is InChI=1S/C15H28O4/c1-11(2)10-17-15(16)12(3)18-13(4)19-14-8-6-5-7-9-14/h11-14H,5-10H2,1-4H3. The van der Waals surface area contributed by atoms with Crippen LogP contribution >= 0.6 is 0 Å². The largest absolute Gasteiger partial charge is 0.464 e. The fourth-order valence-electron chi connectivity index (χ4n) is 2.21. The van der Waals surface area contributed by atoms with Gasteiger partial charge in [-0.05, 0) is 32.6 Å². The molecule has 1 rings (SSSR count). The van der Waals surface area contributed by atoms with E-state index in [1.165, 1.54) is 19.3 Å². The van der Waals surface area contributed by atoms with Crippen LogP contribution in [-0.2, 0) is 19.0 Å². The zero-order valence-corrected chi connectivity index (χ0v) is 12.7. The molecule has 0 bridgehead atoms. The van der Waals surface area contributed by atoms with Crippen molar-refractivity contribution in [2.24, 2.45) is 5.92 Å². The minimum absolute atomic E-state index is 0.280. The third-order valence-electron chi connectivity index (χ3n) is 3.22. The van der Waals surface area contributed by atoms with E-state index in [1.807, 2.05) is 20.8 Å². The molecule has 1 aliphatic carbocycles. The second kappa shape index (κ2) is 8.54. The Morgan fingerprint density at radius 2 is 1.74 bits per heavy atom. The Kier molecular flexibility index (Phi) is 7.39. The summed E-state index contributed by atoms with van der Waals surface area (Å²) in [4.78, 5) is 11.7. The molecule has 2 atom stereocenters. The van der Waals surface area contributed by atoms with Gasteiger partial charge in [0.15, 0.2) is 12.4 Å². The third kappa shape index (κ3) is 6.92. The zero-order chi connectivity index (χ0) is 14.3. The minimum Gasteiger partial charge on any atom is -0.464 e. The molecule has 4 heteroatoms. The van der Waals surface area contributed by atoms with Crippen LogP contribution in [0.5, 0.6) is 0 Å². The van der Waals surface area contributed by atoms with Crippen molar-refractivity contribution in [3.8, 4) is 0 Å². The molecule has 112 valence electrons. The second-order valence-corrected chi connectivity index (χ2v) is 5.77. The first-order chi connectivity index (χ1) is 8.99. The molecule has 0 aromatic heterocycles. The number of ether oxygens (including phenoxy) is 3. The fraction of sp³-hybridized carbons (Fsp3) is 0.933. The molecule has 1 fully saturated rings. The van der Waals surface area contributed by atoms with Crippen LogP contribution in [0.2, 0.25) is 0 Å². The Morgan fingerprint density at radius 3 is 2.32 bits per heavy atom. The van der Waals surface area contributed by atoms with Gasteiger partial charge in [0.2, 0.25) is 0 Å². The van der Waals surface area contributed by atoms with E-state index in [1.54, 1.807) is 6.92 Å². The van der Waals surface area contributed by atoms with Gasteiger partial charge in [0.25, 0.3) is 0 Å². The summed E-state index contributed by atoms with van der Waals surface area (Å²) in [5.74, 6) is 0.0276. The van der Waals surface area contributed by atoms with Crippen molar-refractivity contribution >= 4 is 5.97 Å². The Morgan fingerprint density at radius 1 is 1.11 bits per heavy atom. The number of esters is 1. The lowest BCUT2D eigenvalue weighted by molar-refractivity contribution is -0.201. The van der Waals surface area contributed by atoms with E-state index >= 15 is 0 Å². The van der Waals surface area contributed by atoms with Gasteiger partial charge < -0.3 is 14.2 Å². The average Bonchev–Trinajstić information content (AvgIpc) is 2.36. The second-order valence-electron chi connectivity index (χ2n) is 5.77. The maximum atomic E-state index is 11.7. The van der Waals surface area contributed by atoms with Gasteiger partial charge in [-0.15, -0.1) is 0 Å². The summed E-state index contributed by atoms with van der Waals surface area (Å²) in [6.45, 7) is 8.01. The van der Waals surface area contributed by atoms with Crippen LogP contribution in [0.25, 0.3) is 0 Å². The van der Waals surface area contributed by atoms with Crippen molar-refractivity contribution in [3.05, 3.63) is 0 Å². The summed E-state index contributed by atoms with van der Waals surface area (Å²) in [6, 6.07) is 0. The summed E-state index contributed by atoms with van der Waals surface area (Å²) in [5, 5.41) is 0. The molecule has 0 amide bonds. The molecule has 1 saturated carbocycles. The van der Waals surface area contributed by atoms with Gasteiger partial charge in [-0.2, -0.15) is 0 Å². The molecule has 0 saturated heterocycles. The van der Waals surface area contributed by atoms with E-state index in [-0.39, 0.29) is 18.4 Å². The number of hydrogen-bond acceptors (Lipinski definition) is 4. The van der Waals surface area contributed by atoms with Gasteiger partial charge in [-0.25, -0.2) is 4.79 Å². The fourth-order valence-corrected chi connectivity index (χ4v) is 2.21. The van der Waals surface area contributed by atoms with E-state index in [0.29, 0.717) is 12.5 Å². The molecule has 2 unspecified atom stereocenters. The van der Waals surface area contributed by atoms with Gasteiger partial charge in [0.05, 0.1) is 12.7 Å². The lowest BCUT2D eigenvalue weighted by Crippen LogP contribution is -2.32. The predicted molar refractivity (Wildman–Crippen MR) is 73.8 cm³/mol. The summed E-state index contributed by atoms with van der Waals surface area (Å²) in [6.07, 6.45) is 5.30. The number of hydrogen-bond donors (Lipinski definition) is 0. The Labute approximate surface area is 116 Å². The van der Waals surface area contributed by atoms with Crippen LogP contribution in [0.4, 0.5) is 0 Å². The molecular formula is C15H28O4. The molecule has 4 nitrogen and oxygen atoms in total. The van der Waals surface area contributed by atoms with E-state index in [0.717, 1.165) is 12.8 Å². The first-order valence-electron chi connectivity index (χ1n) is 7.46. The molecule has 0 aromatic carbocycles. The molecule has 1 aliphatic rings. The summed E-state index contributed by atoms with van der Waals surface area (Å²) < 4.78 is 16.5. The van der Waals surface area contributed by atoms with Gasteiger partial charge in [0.1, 0.15) is 0 Å². The topological polar surface area (TPSA) is 44.8 Å². The maximum Gasteiger partial charge on any atom is 0.335 e. The highest BCUT2D eigenvalue weighted by atomic mass is 16.7. The van der Waals surface area contributed by atoms with E-state index in [4.69, 9.17) is 14.2 Å². The Bertz CT molecular complexity index is 259. The van der Waals surface area contributed by atoms with Crippen molar-refractivity contribution in [1.82, 2.24) is 0 Å². The van der Waals surface area contributed by atoms with E-state index in [9.17, 15) is 4.79 Å². The zero-order valence-electron chi connectivity index (χ0n) is 12.7. The lowest BCUT2D eigenvalue weighted by Gasteiger charge is -2.27. The minimum atomic E-state index is -0.572. The quantitative estimate of drug-likeness (QED) is 0.527. The Balaban J connectivity index is 2.22. The normalized spacial score (nSPS) is 20.3. The summed E-state index contributed by atoms with van der Waals surface area (Å²) >= 11 is 0. The van der Waals surface area contributed by atoms with Crippen LogP contribution in [-0.4, -0.2) is 31.1 Å². The number of carbonyl (C=O) groups excluding carboxylic acids is 1. The molecule has 0 spiro atoms. The highest BCUT2D eigenvalue weighted by Crippen LogP contribution is 2.22. The van der Waals surface area contributed by atoms with Crippen LogP contribution in [0, 0.1) is 5.92 Å². The van der Waals surface area contributed by atoms with Crippen molar-refractivity contribution in [1.29, 1.82) is 0 Å². The lowest BCUT2D eigenvalue weighted by atomic mass is 9.98. The molecule has 19 heavy (non-hydrogen) atoms. The van der Waals surface area contributed by atoms with Crippen molar-refractivity contribution in [2.75, 3.05) is 6.61 Å². The van der Waals surface area contributed by atoms with Gasteiger partial charge in [-0.3, -0.25) is 0 Å².